The first-order valence-electron chi connectivity index (χ1n) is 13.6. The van der Waals surface area contributed by atoms with Gasteiger partial charge in [-0.3, -0.25) is 9.59 Å². The Morgan fingerprint density at radius 3 is 2.60 bits per heavy atom. The normalized spacial score (nSPS) is 19.1. The maximum absolute atomic E-state index is 13.8. The summed E-state index contributed by atoms with van der Waals surface area (Å²) in [5.41, 5.74) is 6.27. The van der Waals surface area contributed by atoms with E-state index in [0.717, 1.165) is 12.8 Å². The Bertz CT molecular complexity index is 1740. The molecule has 2 aromatic heterocycles. The van der Waals surface area contributed by atoms with Crippen LogP contribution in [-0.4, -0.2) is 52.4 Å². The van der Waals surface area contributed by atoms with Crippen LogP contribution in [0.15, 0.2) is 48.5 Å². The van der Waals surface area contributed by atoms with E-state index in [9.17, 15) is 19.1 Å². The molecule has 3 heterocycles. The fourth-order valence-corrected chi connectivity index (χ4v) is 5.45. The van der Waals surface area contributed by atoms with E-state index in [-0.39, 0.29) is 24.8 Å². The number of ether oxygens (including phenoxy) is 2. The summed E-state index contributed by atoms with van der Waals surface area (Å²) in [6.45, 7) is 3.34. The fraction of sp³-hybridized carbons (Fsp3) is 0.323. The highest BCUT2D eigenvalue weighted by Gasteiger charge is 2.50. The molecule has 0 spiro atoms. The van der Waals surface area contributed by atoms with Crippen LogP contribution in [0, 0.1) is 18.7 Å². The zero-order chi connectivity index (χ0) is 29.8. The minimum absolute atomic E-state index is 0.00321. The van der Waals surface area contributed by atoms with E-state index in [1.165, 1.54) is 19.2 Å². The highest BCUT2D eigenvalue weighted by molar-refractivity contribution is 6.00. The largest absolute Gasteiger partial charge is 0.494 e. The molecule has 2 amide bonds. The van der Waals surface area contributed by atoms with Crippen molar-refractivity contribution in [1.82, 2.24) is 20.5 Å². The van der Waals surface area contributed by atoms with Gasteiger partial charge in [0.05, 0.1) is 25.0 Å². The van der Waals surface area contributed by atoms with Crippen molar-refractivity contribution >= 4 is 22.7 Å². The van der Waals surface area contributed by atoms with Crippen molar-refractivity contribution in [2.45, 2.75) is 37.7 Å². The molecule has 1 aliphatic carbocycles. The van der Waals surface area contributed by atoms with Crippen LogP contribution in [0.25, 0.3) is 22.2 Å². The van der Waals surface area contributed by atoms with Crippen LogP contribution in [-0.2, 0) is 15.8 Å². The molecular formula is C31H30FN5O5. The number of carbonyl (C=O) groups excluding carboxylic acids is 2. The number of aromatic nitrogens is 3. The molecule has 2 aromatic carbocycles. The van der Waals surface area contributed by atoms with Gasteiger partial charge in [0.2, 0.25) is 5.91 Å². The summed E-state index contributed by atoms with van der Waals surface area (Å²) in [6.07, 6.45) is 1.45. The average molecular weight is 572 g/mol. The number of amides is 2. The number of hydrogen-bond donors (Lipinski definition) is 3. The number of carbonyl (C=O) groups is 2. The predicted molar refractivity (Wildman–Crippen MR) is 151 cm³/mol. The lowest BCUT2D eigenvalue weighted by molar-refractivity contribution is -0.123. The number of halogens is 1. The molecule has 0 saturated heterocycles. The van der Waals surface area contributed by atoms with E-state index < -0.39 is 28.6 Å². The van der Waals surface area contributed by atoms with Crippen molar-refractivity contribution < 1.29 is 28.6 Å². The molecule has 11 heteroatoms. The lowest BCUT2D eigenvalue weighted by Crippen LogP contribution is -2.44. The third-order valence-corrected chi connectivity index (χ3v) is 8.21. The summed E-state index contributed by atoms with van der Waals surface area (Å²) in [6, 6.07) is 12.4. The number of rotatable bonds is 8. The van der Waals surface area contributed by atoms with Crippen molar-refractivity contribution in [3.8, 4) is 22.8 Å². The Hall–Kier alpha value is -4.64. The van der Waals surface area contributed by atoms with E-state index in [1.54, 1.807) is 44.2 Å². The first kappa shape index (κ1) is 27.5. The number of nitrogens with two attached hydrogens (primary N) is 1. The average Bonchev–Trinajstić information content (AvgIpc) is 3.78. The summed E-state index contributed by atoms with van der Waals surface area (Å²) in [5.74, 6) is -0.853. The minimum atomic E-state index is -1.57. The van der Waals surface area contributed by atoms with Gasteiger partial charge in [0, 0.05) is 22.1 Å². The highest BCUT2D eigenvalue weighted by atomic mass is 19.1. The number of primary amides is 1. The van der Waals surface area contributed by atoms with Gasteiger partial charge in [0.15, 0.2) is 0 Å². The van der Waals surface area contributed by atoms with Gasteiger partial charge in [-0.2, -0.15) is 5.10 Å². The van der Waals surface area contributed by atoms with Gasteiger partial charge in [-0.25, -0.2) is 9.37 Å². The lowest BCUT2D eigenvalue weighted by atomic mass is 9.81. The monoisotopic (exact) mass is 571 g/mol. The maximum Gasteiger partial charge on any atom is 0.251 e. The second-order valence-electron chi connectivity index (χ2n) is 11.2. The van der Waals surface area contributed by atoms with Gasteiger partial charge >= 0.3 is 0 Å². The first-order chi connectivity index (χ1) is 20.0. The Kier molecular flexibility index (Phi) is 6.57. The van der Waals surface area contributed by atoms with Crippen molar-refractivity contribution in [3.05, 3.63) is 76.9 Å². The van der Waals surface area contributed by atoms with Crippen molar-refractivity contribution in [1.29, 1.82) is 0 Å². The number of nitrogens with one attached hydrogen (secondary N) is 1. The smallest absolute Gasteiger partial charge is 0.251 e. The molecule has 2 atom stereocenters. The molecule has 10 nitrogen and oxygen atoms in total. The van der Waals surface area contributed by atoms with E-state index >= 15 is 0 Å². The van der Waals surface area contributed by atoms with Crippen LogP contribution >= 0.6 is 0 Å². The van der Waals surface area contributed by atoms with Gasteiger partial charge in [-0.15, -0.1) is 5.10 Å². The number of nitrogens with zero attached hydrogens (tertiary/aromatic N) is 3. The van der Waals surface area contributed by atoms with E-state index in [4.69, 9.17) is 20.2 Å². The number of methoxy groups -OCH3 is 1. The number of fused-ring (bicyclic) bond motifs is 2. The molecule has 1 fully saturated rings. The summed E-state index contributed by atoms with van der Waals surface area (Å²) in [7, 11) is 1.49. The Balaban J connectivity index is 1.39. The number of aryl methyl sites for hydroxylation is 1. The molecule has 4 aromatic rings. The molecule has 0 bridgehead atoms. The van der Waals surface area contributed by atoms with E-state index in [1.807, 2.05) is 6.07 Å². The number of pyridine rings is 1. The molecule has 4 N–H and O–H groups in total. The van der Waals surface area contributed by atoms with Crippen LogP contribution in [0.2, 0.25) is 0 Å². The zero-order valence-electron chi connectivity index (χ0n) is 23.4. The summed E-state index contributed by atoms with van der Waals surface area (Å²) >= 11 is 0. The van der Waals surface area contributed by atoms with Gasteiger partial charge in [0.25, 0.3) is 5.91 Å². The number of benzene rings is 2. The summed E-state index contributed by atoms with van der Waals surface area (Å²) in [5, 5.41) is 24.0. The molecule has 2 aliphatic rings. The third-order valence-electron chi connectivity index (χ3n) is 8.21. The highest BCUT2D eigenvalue weighted by Crippen LogP contribution is 2.50. The van der Waals surface area contributed by atoms with Crippen LogP contribution in [0.4, 0.5) is 4.39 Å². The second kappa shape index (κ2) is 10.0. The van der Waals surface area contributed by atoms with Crippen LogP contribution < -0.4 is 20.5 Å². The molecule has 1 aliphatic heterocycles. The standard InChI is InChI=1S/C31H30FN5O5/c1-16-10-18-11-19(12-23(41-3)25(18)37-36-16)28(38)34-14-31(40,20-6-7-20)24-13-22-27(42-15-30(22,2)29(33)39)26(35-24)17-4-8-21(32)9-5-17/h4-5,8-13,20,40H,6-7,14-15H2,1-3H3,(H2,33,39)(H,34,38)/t30-,31+/m0/s1. The second-order valence-corrected chi connectivity index (χ2v) is 11.2. The SMILES string of the molecule is COc1cc(C(=O)NC[C@](O)(c2cc3c(c(-c4ccc(F)cc4)n2)OC[C@]3(C)C(N)=O)C2CC2)cc2cc(C)nnc12. The molecular weight excluding hydrogens is 541 g/mol. The van der Waals surface area contributed by atoms with Crippen molar-refractivity contribution in [2.75, 3.05) is 20.3 Å². The zero-order valence-corrected chi connectivity index (χ0v) is 23.4. The van der Waals surface area contributed by atoms with E-state index in [2.05, 4.69) is 15.5 Å². The van der Waals surface area contributed by atoms with Crippen molar-refractivity contribution in [2.24, 2.45) is 11.7 Å². The van der Waals surface area contributed by atoms with Gasteiger partial charge in [-0.1, -0.05) is 0 Å². The van der Waals surface area contributed by atoms with E-state index in [0.29, 0.717) is 50.5 Å². The maximum atomic E-state index is 13.8. The summed E-state index contributed by atoms with van der Waals surface area (Å²) in [4.78, 5) is 30.8. The van der Waals surface area contributed by atoms with Gasteiger partial charge in [-0.05, 0) is 81.1 Å². The molecule has 216 valence electrons. The quantitative estimate of drug-likeness (QED) is 0.292. The Morgan fingerprint density at radius 1 is 1.19 bits per heavy atom. The van der Waals surface area contributed by atoms with Crippen molar-refractivity contribution in [3.63, 3.8) is 0 Å². The molecule has 0 unspecified atom stereocenters. The number of hydrogen-bond acceptors (Lipinski definition) is 8. The first-order valence-corrected chi connectivity index (χ1v) is 13.6. The topological polar surface area (TPSA) is 150 Å². The lowest BCUT2D eigenvalue weighted by Gasteiger charge is -2.30. The third kappa shape index (κ3) is 4.59. The van der Waals surface area contributed by atoms with Crippen LogP contribution in [0.5, 0.6) is 11.5 Å². The van der Waals surface area contributed by atoms with Gasteiger partial charge in [0.1, 0.15) is 46.1 Å². The van der Waals surface area contributed by atoms with Crippen LogP contribution in [0.1, 0.15) is 47.1 Å². The van der Waals surface area contributed by atoms with Gasteiger partial charge < -0.3 is 25.6 Å². The molecule has 0 radical (unpaired) electrons. The molecule has 42 heavy (non-hydrogen) atoms. The van der Waals surface area contributed by atoms with Crippen LogP contribution in [0.3, 0.4) is 0 Å². The Morgan fingerprint density at radius 2 is 1.93 bits per heavy atom. The predicted octanol–water partition coefficient (Wildman–Crippen LogP) is 3.31. The fourth-order valence-electron chi connectivity index (χ4n) is 5.45. The number of aliphatic hydroxyl groups is 1. The summed E-state index contributed by atoms with van der Waals surface area (Å²) < 4.78 is 25.1. The molecule has 1 saturated carbocycles. The Labute approximate surface area is 241 Å². The molecule has 6 rings (SSSR count). The minimum Gasteiger partial charge on any atom is -0.494 e.